The van der Waals surface area contributed by atoms with Gasteiger partial charge in [-0.1, -0.05) is 17.8 Å². The zero-order chi connectivity index (χ0) is 28.0. The summed E-state index contributed by atoms with van der Waals surface area (Å²) in [6, 6.07) is 12.9. The third kappa shape index (κ3) is 4.44. The predicted molar refractivity (Wildman–Crippen MR) is 139 cm³/mol. The maximum Gasteiger partial charge on any atom is 0.512 e. The first-order chi connectivity index (χ1) is 19.3. The number of carbonyl (C=O) groups is 1. The van der Waals surface area contributed by atoms with Gasteiger partial charge in [0.1, 0.15) is 4.90 Å². The molecular weight excluding hydrogens is 566 g/mol. The monoisotopic (exact) mass is 587 g/mol. The number of carboxylic acid groups (broad SMARTS) is 1. The molecule has 0 unspecified atom stereocenters. The maximum atomic E-state index is 14.1. The largest absolute Gasteiger partial charge is 0.512 e. The van der Waals surface area contributed by atoms with Crippen molar-refractivity contribution < 1.29 is 51.5 Å². The van der Waals surface area contributed by atoms with Crippen LogP contribution < -0.4 is 28.4 Å². The number of hydrogen-bond acceptors (Lipinski definition) is 11. The second-order valence-corrected chi connectivity index (χ2v) is 11.4. The van der Waals surface area contributed by atoms with Crippen LogP contribution in [0.5, 0.6) is 34.5 Å². The second-order valence-electron chi connectivity index (χ2n) is 8.52. The molecule has 3 heterocycles. The third-order valence-electron chi connectivity index (χ3n) is 6.23. The molecule has 0 saturated heterocycles. The fourth-order valence-corrected chi connectivity index (χ4v) is 7.18. The Kier molecular flexibility index (Phi) is 6.43. The van der Waals surface area contributed by atoms with Gasteiger partial charge in [-0.3, -0.25) is 0 Å². The van der Waals surface area contributed by atoms with Crippen molar-refractivity contribution in [3.8, 4) is 34.5 Å². The molecule has 0 fully saturated rings. The number of benzene rings is 3. The van der Waals surface area contributed by atoms with Gasteiger partial charge in [-0.15, -0.1) is 0 Å². The minimum atomic E-state index is -4.36. The number of methoxy groups -OCH3 is 2. The lowest BCUT2D eigenvalue weighted by atomic mass is 10.1. The molecule has 6 rings (SSSR count). The van der Waals surface area contributed by atoms with Crippen molar-refractivity contribution in [2.24, 2.45) is 0 Å². The van der Waals surface area contributed by atoms with Crippen LogP contribution in [0.15, 0.2) is 64.2 Å². The molecule has 0 bridgehead atoms. The molecule has 3 aromatic rings. The quantitative estimate of drug-likeness (QED) is 0.390. The Morgan fingerprint density at radius 1 is 0.900 bits per heavy atom. The van der Waals surface area contributed by atoms with Crippen LogP contribution in [0.1, 0.15) is 11.1 Å². The van der Waals surface area contributed by atoms with Crippen molar-refractivity contribution in [3.63, 3.8) is 0 Å². The SMILES string of the molecule is COc1cc2c(cc1OC)S(=O)(=O)N(Cc1ccc3c(c1)OCO3)C(OC(=O)O)=C2Sc1ccc2c(c1)OCO2. The van der Waals surface area contributed by atoms with E-state index >= 15 is 0 Å². The molecule has 40 heavy (non-hydrogen) atoms. The van der Waals surface area contributed by atoms with Gasteiger partial charge in [0.2, 0.25) is 19.5 Å². The number of thioether (sulfide) groups is 1. The van der Waals surface area contributed by atoms with Crippen LogP contribution in [0, 0.1) is 0 Å². The Morgan fingerprint density at radius 3 is 2.20 bits per heavy atom. The molecule has 14 heteroatoms. The molecule has 0 saturated carbocycles. The molecule has 0 radical (unpaired) electrons. The summed E-state index contributed by atoms with van der Waals surface area (Å²) in [5, 5.41) is 9.68. The van der Waals surface area contributed by atoms with Gasteiger partial charge < -0.3 is 38.3 Å². The molecular formula is C26H21NO11S2. The van der Waals surface area contributed by atoms with Gasteiger partial charge in [0, 0.05) is 16.5 Å². The van der Waals surface area contributed by atoms with E-state index in [4.69, 9.17) is 33.2 Å². The average molecular weight is 588 g/mol. The van der Waals surface area contributed by atoms with E-state index in [0.29, 0.717) is 33.5 Å². The molecule has 3 aliphatic rings. The van der Waals surface area contributed by atoms with Gasteiger partial charge in [0.15, 0.2) is 34.5 Å². The van der Waals surface area contributed by atoms with E-state index in [1.165, 1.54) is 26.4 Å². The van der Waals surface area contributed by atoms with E-state index in [-0.39, 0.29) is 47.0 Å². The highest BCUT2D eigenvalue weighted by atomic mass is 32.2. The summed E-state index contributed by atoms with van der Waals surface area (Å²) in [5.74, 6) is 2.05. The fourth-order valence-electron chi connectivity index (χ4n) is 4.41. The first kappa shape index (κ1) is 25.8. The van der Waals surface area contributed by atoms with Crippen molar-refractivity contribution in [3.05, 3.63) is 65.5 Å². The molecule has 0 aromatic heterocycles. The van der Waals surface area contributed by atoms with Crippen LogP contribution in [0.2, 0.25) is 0 Å². The summed E-state index contributed by atoms with van der Waals surface area (Å²) in [7, 11) is -1.56. The number of fused-ring (bicyclic) bond motifs is 3. The van der Waals surface area contributed by atoms with E-state index in [2.05, 4.69) is 0 Å². The summed E-state index contributed by atoms with van der Waals surface area (Å²) >= 11 is 1.10. The molecule has 0 spiro atoms. The maximum absolute atomic E-state index is 14.1. The minimum absolute atomic E-state index is 0.0411. The van der Waals surface area contributed by atoms with Gasteiger partial charge in [-0.05, 0) is 42.0 Å². The Balaban J connectivity index is 1.54. The highest BCUT2D eigenvalue weighted by Crippen LogP contribution is 2.50. The summed E-state index contributed by atoms with van der Waals surface area (Å²) in [4.78, 5) is 12.6. The summed E-state index contributed by atoms with van der Waals surface area (Å²) in [5.41, 5.74) is 0.689. The molecule has 1 N–H and O–H groups in total. The van der Waals surface area contributed by atoms with Gasteiger partial charge >= 0.3 is 6.16 Å². The highest BCUT2D eigenvalue weighted by molar-refractivity contribution is 8.08. The van der Waals surface area contributed by atoms with Gasteiger partial charge in [-0.25, -0.2) is 17.5 Å². The van der Waals surface area contributed by atoms with Crippen LogP contribution in [-0.2, 0) is 21.3 Å². The number of hydrogen-bond donors (Lipinski definition) is 1. The molecule has 3 aliphatic heterocycles. The van der Waals surface area contributed by atoms with Gasteiger partial charge in [0.05, 0.1) is 25.7 Å². The molecule has 0 amide bonds. The van der Waals surface area contributed by atoms with Gasteiger partial charge in [-0.2, -0.15) is 0 Å². The Hall–Kier alpha value is -4.43. The van der Waals surface area contributed by atoms with Gasteiger partial charge in [0.25, 0.3) is 10.0 Å². The van der Waals surface area contributed by atoms with Crippen LogP contribution in [-0.4, -0.2) is 51.8 Å². The molecule has 12 nitrogen and oxygen atoms in total. The molecule has 0 atom stereocenters. The first-order valence-corrected chi connectivity index (χ1v) is 13.9. The molecule has 208 valence electrons. The summed E-state index contributed by atoms with van der Waals surface area (Å²) < 4.78 is 66.7. The average Bonchev–Trinajstić information content (AvgIpc) is 3.61. The summed E-state index contributed by atoms with van der Waals surface area (Å²) in [6.07, 6.45) is -1.69. The zero-order valence-electron chi connectivity index (χ0n) is 21.0. The Bertz CT molecular complexity index is 1670. The van der Waals surface area contributed by atoms with E-state index in [1.807, 2.05) is 0 Å². The van der Waals surface area contributed by atoms with E-state index in [0.717, 1.165) is 16.1 Å². The third-order valence-corrected chi connectivity index (χ3v) is 9.09. The fraction of sp³-hybridized carbons (Fsp3) is 0.192. The standard InChI is InChI=1S/C26H21NO11S2/c1-32-19-9-16-23(10-20(19)33-2)40(30,31)27(11-14-3-5-17-21(7-14)36-12-34-17)25(38-26(28)29)24(16)39-15-4-6-18-22(8-15)37-13-35-18/h3-10H,11-13H2,1-2H3,(H,28,29). The first-order valence-electron chi connectivity index (χ1n) is 11.7. The van der Waals surface area contributed by atoms with Crippen molar-refractivity contribution in [1.82, 2.24) is 4.31 Å². The lowest BCUT2D eigenvalue weighted by Gasteiger charge is -2.33. The number of sulfonamides is 1. The van der Waals surface area contributed by atoms with Crippen molar-refractivity contribution in [2.45, 2.75) is 16.3 Å². The topological polar surface area (TPSA) is 139 Å². The van der Waals surface area contributed by atoms with Crippen molar-refractivity contribution >= 4 is 32.8 Å². The van der Waals surface area contributed by atoms with E-state index < -0.39 is 22.1 Å². The zero-order valence-corrected chi connectivity index (χ0v) is 22.7. The van der Waals surface area contributed by atoms with Crippen LogP contribution >= 0.6 is 11.8 Å². The number of ether oxygens (including phenoxy) is 7. The molecule has 0 aliphatic carbocycles. The van der Waals surface area contributed by atoms with Crippen LogP contribution in [0.4, 0.5) is 4.79 Å². The molecule has 3 aromatic carbocycles. The minimum Gasteiger partial charge on any atom is -0.493 e. The van der Waals surface area contributed by atoms with Crippen molar-refractivity contribution in [1.29, 1.82) is 0 Å². The lowest BCUT2D eigenvalue weighted by molar-refractivity contribution is 0.101. The van der Waals surface area contributed by atoms with E-state index in [1.54, 1.807) is 36.4 Å². The van der Waals surface area contributed by atoms with Crippen molar-refractivity contribution in [2.75, 3.05) is 27.8 Å². The van der Waals surface area contributed by atoms with Crippen LogP contribution in [0.3, 0.4) is 0 Å². The number of rotatable bonds is 7. The highest BCUT2D eigenvalue weighted by Gasteiger charge is 2.41. The van der Waals surface area contributed by atoms with Crippen LogP contribution in [0.25, 0.3) is 4.91 Å². The lowest BCUT2D eigenvalue weighted by Crippen LogP contribution is -2.36. The van der Waals surface area contributed by atoms with E-state index in [9.17, 15) is 18.3 Å². The normalized spacial score (nSPS) is 16.0. The summed E-state index contributed by atoms with van der Waals surface area (Å²) in [6.45, 7) is -0.152. The predicted octanol–water partition coefficient (Wildman–Crippen LogP) is 4.48. The smallest absolute Gasteiger partial charge is 0.493 e. The Labute approximate surface area is 232 Å². The Morgan fingerprint density at radius 2 is 1.52 bits per heavy atom. The number of nitrogens with zero attached hydrogens (tertiary/aromatic N) is 1. The second kappa shape index (κ2) is 9.95.